The Hall–Kier alpha value is -1.12. The maximum atomic E-state index is 12.1. The molecule has 2 aromatic carbocycles. The number of carbonyl (C=O) groups is 1. The molecule has 0 bridgehead atoms. The molecule has 0 aliphatic heterocycles. The van der Waals surface area contributed by atoms with Gasteiger partial charge in [0.25, 0.3) is 0 Å². The third kappa shape index (κ3) is 2.96. The van der Waals surface area contributed by atoms with E-state index in [2.05, 4.69) is 15.9 Å². The van der Waals surface area contributed by atoms with Crippen LogP contribution in [0, 0.1) is 0 Å². The quantitative estimate of drug-likeness (QED) is 0.597. The van der Waals surface area contributed by atoms with Gasteiger partial charge < -0.3 is 0 Å². The summed E-state index contributed by atoms with van der Waals surface area (Å²) in [5, 5.41) is -0.644. The van der Waals surface area contributed by atoms with Crippen LogP contribution in [0.25, 0.3) is 0 Å². The van der Waals surface area contributed by atoms with Crippen LogP contribution in [-0.4, -0.2) is 5.78 Å². The van der Waals surface area contributed by atoms with Crippen molar-refractivity contribution in [2.24, 2.45) is 0 Å². The molecule has 0 spiro atoms. The van der Waals surface area contributed by atoms with E-state index in [0.29, 0.717) is 5.56 Å². The lowest BCUT2D eigenvalue weighted by atomic mass is 10.0. The van der Waals surface area contributed by atoms with E-state index in [9.17, 15) is 4.79 Å². The normalized spacial score (nSPS) is 12.1. The molecular weight excluding hydrogens is 300 g/mol. The van der Waals surface area contributed by atoms with Gasteiger partial charge in [-0.05, 0) is 17.7 Å². The molecule has 86 valence electrons. The summed E-state index contributed by atoms with van der Waals surface area (Å²) < 4.78 is 0.918. The summed E-state index contributed by atoms with van der Waals surface area (Å²) in [6.45, 7) is 0. The highest BCUT2D eigenvalue weighted by molar-refractivity contribution is 9.10. The Morgan fingerprint density at radius 2 is 1.76 bits per heavy atom. The van der Waals surface area contributed by atoms with Crippen LogP contribution in [0.5, 0.6) is 0 Å². The zero-order valence-corrected chi connectivity index (χ0v) is 11.3. The smallest absolute Gasteiger partial charge is 0.185 e. The van der Waals surface area contributed by atoms with Crippen molar-refractivity contribution in [1.82, 2.24) is 0 Å². The van der Waals surface area contributed by atoms with Crippen molar-refractivity contribution < 1.29 is 4.79 Å². The van der Waals surface area contributed by atoms with Crippen LogP contribution < -0.4 is 0 Å². The van der Waals surface area contributed by atoms with Crippen molar-refractivity contribution in [3.05, 3.63) is 70.2 Å². The Balaban J connectivity index is 2.27. The SMILES string of the molecule is O=C(c1ccccc1)C(Cl)c1cccc(Br)c1. The van der Waals surface area contributed by atoms with Gasteiger partial charge in [0.15, 0.2) is 5.78 Å². The Labute approximate surface area is 114 Å². The number of halogens is 2. The van der Waals surface area contributed by atoms with E-state index >= 15 is 0 Å². The first-order chi connectivity index (χ1) is 8.18. The first kappa shape index (κ1) is 12.3. The largest absolute Gasteiger partial charge is 0.292 e. The van der Waals surface area contributed by atoms with Crippen molar-refractivity contribution in [1.29, 1.82) is 0 Å². The lowest BCUT2D eigenvalue weighted by molar-refractivity contribution is 0.0987. The summed E-state index contributed by atoms with van der Waals surface area (Å²) in [6, 6.07) is 16.6. The standard InChI is InChI=1S/C14H10BrClO/c15-12-8-4-7-11(9-12)13(16)14(17)10-5-2-1-3-6-10/h1-9,13H. The molecule has 0 amide bonds. The fraction of sp³-hybridized carbons (Fsp3) is 0.0714. The molecule has 0 aromatic heterocycles. The maximum Gasteiger partial charge on any atom is 0.185 e. The molecule has 0 fully saturated rings. The number of Topliss-reactive ketones (excluding diaryl/α,β-unsaturated/α-hetero) is 1. The lowest BCUT2D eigenvalue weighted by Crippen LogP contribution is -2.07. The van der Waals surface area contributed by atoms with Gasteiger partial charge in [-0.25, -0.2) is 0 Å². The van der Waals surface area contributed by atoms with Crippen molar-refractivity contribution >= 4 is 33.3 Å². The molecule has 3 heteroatoms. The summed E-state index contributed by atoms with van der Waals surface area (Å²) in [4.78, 5) is 12.1. The highest BCUT2D eigenvalue weighted by atomic mass is 79.9. The van der Waals surface area contributed by atoms with E-state index in [4.69, 9.17) is 11.6 Å². The first-order valence-electron chi connectivity index (χ1n) is 5.17. The Morgan fingerprint density at radius 3 is 2.41 bits per heavy atom. The van der Waals surface area contributed by atoms with Gasteiger partial charge in [0.1, 0.15) is 5.38 Å². The second-order valence-corrected chi connectivity index (χ2v) is 5.00. The minimum atomic E-state index is -0.644. The van der Waals surface area contributed by atoms with Crippen LogP contribution in [-0.2, 0) is 0 Å². The third-order valence-electron chi connectivity index (χ3n) is 2.43. The van der Waals surface area contributed by atoms with Gasteiger partial charge in [-0.2, -0.15) is 0 Å². The van der Waals surface area contributed by atoms with Crippen LogP contribution in [0.2, 0.25) is 0 Å². The molecule has 1 unspecified atom stereocenters. The fourth-order valence-electron chi connectivity index (χ4n) is 1.56. The van der Waals surface area contributed by atoms with E-state index in [1.807, 2.05) is 42.5 Å². The van der Waals surface area contributed by atoms with Crippen molar-refractivity contribution in [2.75, 3.05) is 0 Å². The summed E-state index contributed by atoms with van der Waals surface area (Å²) >= 11 is 9.56. The second-order valence-electron chi connectivity index (χ2n) is 3.65. The summed E-state index contributed by atoms with van der Waals surface area (Å²) in [5.41, 5.74) is 1.43. The number of hydrogen-bond acceptors (Lipinski definition) is 1. The molecule has 17 heavy (non-hydrogen) atoms. The zero-order chi connectivity index (χ0) is 12.3. The van der Waals surface area contributed by atoms with Crippen molar-refractivity contribution in [3.8, 4) is 0 Å². The fourth-order valence-corrected chi connectivity index (χ4v) is 2.24. The number of benzene rings is 2. The molecule has 0 N–H and O–H groups in total. The van der Waals surface area contributed by atoms with Gasteiger partial charge in [-0.15, -0.1) is 11.6 Å². The summed E-state index contributed by atoms with van der Waals surface area (Å²) in [5.74, 6) is -0.0784. The molecule has 2 rings (SSSR count). The lowest BCUT2D eigenvalue weighted by Gasteiger charge is -2.09. The number of hydrogen-bond donors (Lipinski definition) is 0. The van der Waals surface area contributed by atoms with E-state index in [1.165, 1.54) is 0 Å². The molecule has 1 atom stereocenters. The Kier molecular flexibility index (Phi) is 3.97. The van der Waals surface area contributed by atoms with Crippen LogP contribution in [0.4, 0.5) is 0 Å². The summed E-state index contributed by atoms with van der Waals surface area (Å²) in [7, 11) is 0. The monoisotopic (exact) mass is 308 g/mol. The van der Waals surface area contributed by atoms with Gasteiger partial charge in [0.2, 0.25) is 0 Å². The Bertz CT molecular complexity index is 525. The number of alkyl halides is 1. The summed E-state index contributed by atoms with van der Waals surface area (Å²) in [6.07, 6.45) is 0. The molecule has 0 heterocycles. The van der Waals surface area contributed by atoms with Gasteiger partial charge in [-0.3, -0.25) is 4.79 Å². The molecule has 1 nitrogen and oxygen atoms in total. The first-order valence-corrected chi connectivity index (χ1v) is 6.40. The topological polar surface area (TPSA) is 17.1 Å². The average Bonchev–Trinajstić information content (AvgIpc) is 2.38. The molecule has 0 aliphatic carbocycles. The van der Waals surface area contributed by atoms with Gasteiger partial charge in [0.05, 0.1) is 0 Å². The van der Waals surface area contributed by atoms with Crippen LogP contribution in [0.15, 0.2) is 59.1 Å². The highest BCUT2D eigenvalue weighted by Gasteiger charge is 2.19. The number of rotatable bonds is 3. The van der Waals surface area contributed by atoms with Crippen LogP contribution >= 0.6 is 27.5 Å². The average molecular weight is 310 g/mol. The van der Waals surface area contributed by atoms with Gasteiger partial charge in [0, 0.05) is 10.0 Å². The van der Waals surface area contributed by atoms with E-state index in [1.54, 1.807) is 12.1 Å². The molecule has 2 aromatic rings. The van der Waals surface area contributed by atoms with Crippen LogP contribution in [0.3, 0.4) is 0 Å². The van der Waals surface area contributed by atoms with Gasteiger partial charge >= 0.3 is 0 Å². The van der Waals surface area contributed by atoms with Gasteiger partial charge in [-0.1, -0.05) is 58.4 Å². The molecule has 0 radical (unpaired) electrons. The number of ketones is 1. The maximum absolute atomic E-state index is 12.1. The minimum Gasteiger partial charge on any atom is -0.292 e. The van der Waals surface area contributed by atoms with Crippen molar-refractivity contribution in [3.63, 3.8) is 0 Å². The molecule has 0 saturated carbocycles. The third-order valence-corrected chi connectivity index (χ3v) is 3.37. The number of carbonyl (C=O) groups excluding carboxylic acids is 1. The molecular formula is C14H10BrClO. The minimum absolute atomic E-state index is 0.0784. The van der Waals surface area contributed by atoms with E-state index in [-0.39, 0.29) is 5.78 Å². The van der Waals surface area contributed by atoms with Crippen LogP contribution in [0.1, 0.15) is 21.3 Å². The molecule has 0 aliphatic rings. The van der Waals surface area contributed by atoms with E-state index in [0.717, 1.165) is 10.0 Å². The zero-order valence-electron chi connectivity index (χ0n) is 8.94. The predicted octanol–water partition coefficient (Wildman–Crippen LogP) is 4.61. The highest BCUT2D eigenvalue weighted by Crippen LogP contribution is 2.26. The second kappa shape index (κ2) is 5.48. The molecule has 0 saturated heterocycles. The Morgan fingerprint density at radius 1 is 1.06 bits per heavy atom. The van der Waals surface area contributed by atoms with E-state index < -0.39 is 5.38 Å². The predicted molar refractivity (Wildman–Crippen MR) is 73.5 cm³/mol. The van der Waals surface area contributed by atoms with Crippen molar-refractivity contribution in [2.45, 2.75) is 5.38 Å².